The number of benzene rings is 1. The molecule has 0 spiro atoms. The van der Waals surface area contributed by atoms with E-state index in [0.717, 1.165) is 17.5 Å². The van der Waals surface area contributed by atoms with Gasteiger partial charge in [0.2, 0.25) is 0 Å². The SMILES string of the molecule is CCCCCCCCOCCNC(=O)c1ccc(Br)cc1. The summed E-state index contributed by atoms with van der Waals surface area (Å²) < 4.78 is 6.50. The summed E-state index contributed by atoms with van der Waals surface area (Å²) in [6.45, 7) is 4.16. The van der Waals surface area contributed by atoms with Gasteiger partial charge in [-0.1, -0.05) is 55.0 Å². The van der Waals surface area contributed by atoms with Gasteiger partial charge in [0.05, 0.1) is 6.61 Å². The molecule has 0 heterocycles. The van der Waals surface area contributed by atoms with Crippen LogP contribution in [-0.4, -0.2) is 25.7 Å². The number of amides is 1. The molecular weight excluding hydrogens is 330 g/mol. The van der Waals surface area contributed by atoms with E-state index in [0.29, 0.717) is 18.7 Å². The van der Waals surface area contributed by atoms with E-state index in [-0.39, 0.29) is 5.91 Å². The van der Waals surface area contributed by atoms with E-state index >= 15 is 0 Å². The lowest BCUT2D eigenvalue weighted by molar-refractivity contribution is 0.0911. The number of rotatable bonds is 11. The van der Waals surface area contributed by atoms with Crippen molar-refractivity contribution in [2.45, 2.75) is 45.4 Å². The highest BCUT2D eigenvalue weighted by Crippen LogP contribution is 2.10. The molecule has 4 heteroatoms. The van der Waals surface area contributed by atoms with Gasteiger partial charge < -0.3 is 10.1 Å². The lowest BCUT2D eigenvalue weighted by Gasteiger charge is -2.07. The standard InChI is InChI=1S/C17H26BrNO2/c1-2-3-4-5-6-7-13-21-14-12-19-17(20)15-8-10-16(18)11-9-15/h8-11H,2-7,12-14H2,1H3,(H,19,20). The molecule has 0 saturated heterocycles. The van der Waals surface area contributed by atoms with E-state index in [4.69, 9.17) is 4.74 Å². The lowest BCUT2D eigenvalue weighted by atomic mass is 10.1. The summed E-state index contributed by atoms with van der Waals surface area (Å²) >= 11 is 3.35. The minimum Gasteiger partial charge on any atom is -0.380 e. The number of ether oxygens (including phenoxy) is 1. The monoisotopic (exact) mass is 355 g/mol. The van der Waals surface area contributed by atoms with Crippen molar-refractivity contribution in [3.8, 4) is 0 Å². The summed E-state index contributed by atoms with van der Waals surface area (Å²) in [5.41, 5.74) is 0.675. The van der Waals surface area contributed by atoms with E-state index in [1.165, 1.54) is 32.1 Å². The molecule has 1 amide bonds. The molecular formula is C17H26BrNO2. The fraction of sp³-hybridized carbons (Fsp3) is 0.588. The van der Waals surface area contributed by atoms with Gasteiger partial charge in [0.25, 0.3) is 5.91 Å². The zero-order valence-electron chi connectivity index (χ0n) is 12.9. The molecule has 0 bridgehead atoms. The van der Waals surface area contributed by atoms with E-state index in [1.54, 1.807) is 12.1 Å². The van der Waals surface area contributed by atoms with Crippen molar-refractivity contribution in [3.63, 3.8) is 0 Å². The number of unbranched alkanes of at least 4 members (excludes halogenated alkanes) is 5. The Bertz CT molecular complexity index is 392. The average Bonchev–Trinajstić information content (AvgIpc) is 2.49. The van der Waals surface area contributed by atoms with Crippen molar-refractivity contribution < 1.29 is 9.53 Å². The van der Waals surface area contributed by atoms with Crippen LogP contribution in [-0.2, 0) is 4.74 Å². The van der Waals surface area contributed by atoms with Crippen LogP contribution < -0.4 is 5.32 Å². The Morgan fingerprint density at radius 3 is 2.43 bits per heavy atom. The summed E-state index contributed by atoms with van der Waals surface area (Å²) in [7, 11) is 0. The zero-order valence-corrected chi connectivity index (χ0v) is 14.5. The first-order chi connectivity index (χ1) is 10.2. The quantitative estimate of drug-likeness (QED) is 0.591. The van der Waals surface area contributed by atoms with E-state index in [2.05, 4.69) is 28.2 Å². The molecule has 0 radical (unpaired) electrons. The molecule has 0 unspecified atom stereocenters. The first kappa shape index (κ1) is 18.2. The number of hydrogen-bond donors (Lipinski definition) is 1. The highest BCUT2D eigenvalue weighted by atomic mass is 79.9. The van der Waals surface area contributed by atoms with Crippen LogP contribution in [0.5, 0.6) is 0 Å². The number of hydrogen-bond acceptors (Lipinski definition) is 2. The van der Waals surface area contributed by atoms with Crippen molar-refractivity contribution in [2.75, 3.05) is 19.8 Å². The minimum absolute atomic E-state index is 0.0503. The smallest absolute Gasteiger partial charge is 0.251 e. The molecule has 0 aliphatic heterocycles. The second-order valence-electron chi connectivity index (χ2n) is 5.14. The van der Waals surface area contributed by atoms with Gasteiger partial charge >= 0.3 is 0 Å². The highest BCUT2D eigenvalue weighted by molar-refractivity contribution is 9.10. The predicted octanol–water partition coefficient (Wildman–Crippen LogP) is 4.56. The molecule has 118 valence electrons. The predicted molar refractivity (Wildman–Crippen MR) is 90.7 cm³/mol. The van der Waals surface area contributed by atoms with Gasteiger partial charge in [0, 0.05) is 23.2 Å². The van der Waals surface area contributed by atoms with Crippen molar-refractivity contribution in [1.29, 1.82) is 0 Å². The van der Waals surface area contributed by atoms with E-state index < -0.39 is 0 Å². The number of nitrogens with one attached hydrogen (secondary N) is 1. The van der Waals surface area contributed by atoms with Crippen molar-refractivity contribution in [3.05, 3.63) is 34.3 Å². The molecule has 0 fully saturated rings. The number of carbonyl (C=O) groups is 1. The maximum absolute atomic E-state index is 11.8. The minimum atomic E-state index is -0.0503. The van der Waals surface area contributed by atoms with Gasteiger partial charge in [-0.15, -0.1) is 0 Å². The summed E-state index contributed by atoms with van der Waals surface area (Å²) in [5, 5.41) is 2.86. The largest absolute Gasteiger partial charge is 0.380 e. The summed E-state index contributed by atoms with van der Waals surface area (Å²) in [6.07, 6.45) is 7.62. The normalized spacial score (nSPS) is 10.6. The van der Waals surface area contributed by atoms with Crippen LogP contribution >= 0.6 is 15.9 Å². The maximum Gasteiger partial charge on any atom is 0.251 e. The Morgan fingerprint density at radius 1 is 1.05 bits per heavy atom. The van der Waals surface area contributed by atoms with Gasteiger partial charge in [-0.2, -0.15) is 0 Å². The number of carbonyl (C=O) groups excluding carboxylic acids is 1. The van der Waals surface area contributed by atoms with Crippen LogP contribution in [0.2, 0.25) is 0 Å². The molecule has 0 aliphatic rings. The number of halogens is 1. The van der Waals surface area contributed by atoms with Crippen LogP contribution in [0, 0.1) is 0 Å². The highest BCUT2D eigenvalue weighted by Gasteiger charge is 2.03. The van der Waals surface area contributed by atoms with Crippen LogP contribution in [0.15, 0.2) is 28.7 Å². The molecule has 1 rings (SSSR count). The molecule has 1 aromatic carbocycles. The lowest BCUT2D eigenvalue weighted by Crippen LogP contribution is -2.27. The van der Waals surface area contributed by atoms with Gasteiger partial charge in [-0.25, -0.2) is 0 Å². The third kappa shape index (κ3) is 8.89. The Balaban J connectivity index is 1.96. The van der Waals surface area contributed by atoms with Crippen LogP contribution in [0.1, 0.15) is 55.8 Å². The van der Waals surface area contributed by atoms with Crippen LogP contribution in [0.4, 0.5) is 0 Å². The fourth-order valence-electron chi connectivity index (χ4n) is 2.03. The maximum atomic E-state index is 11.8. The van der Waals surface area contributed by atoms with Crippen LogP contribution in [0.3, 0.4) is 0 Å². The van der Waals surface area contributed by atoms with E-state index in [9.17, 15) is 4.79 Å². The average molecular weight is 356 g/mol. The topological polar surface area (TPSA) is 38.3 Å². The third-order valence-electron chi connectivity index (χ3n) is 3.28. The third-order valence-corrected chi connectivity index (χ3v) is 3.81. The summed E-state index contributed by atoms with van der Waals surface area (Å²) in [5.74, 6) is -0.0503. The first-order valence-corrected chi connectivity index (χ1v) is 8.65. The first-order valence-electron chi connectivity index (χ1n) is 7.85. The molecule has 21 heavy (non-hydrogen) atoms. The van der Waals surface area contributed by atoms with Gasteiger partial charge in [0.1, 0.15) is 0 Å². The Hall–Kier alpha value is -0.870. The molecule has 0 aromatic heterocycles. The zero-order chi connectivity index (χ0) is 15.3. The summed E-state index contributed by atoms with van der Waals surface area (Å²) in [4.78, 5) is 11.8. The Kier molecular flexibility index (Phi) is 10.2. The molecule has 0 atom stereocenters. The fourth-order valence-corrected chi connectivity index (χ4v) is 2.29. The van der Waals surface area contributed by atoms with Gasteiger partial charge in [-0.05, 0) is 30.7 Å². The van der Waals surface area contributed by atoms with Crippen molar-refractivity contribution in [2.24, 2.45) is 0 Å². The molecule has 1 aromatic rings. The Labute approximate surface area is 136 Å². The van der Waals surface area contributed by atoms with Crippen molar-refractivity contribution in [1.82, 2.24) is 5.32 Å². The molecule has 3 nitrogen and oxygen atoms in total. The van der Waals surface area contributed by atoms with Gasteiger partial charge in [0.15, 0.2) is 0 Å². The van der Waals surface area contributed by atoms with Crippen molar-refractivity contribution >= 4 is 21.8 Å². The van der Waals surface area contributed by atoms with E-state index in [1.807, 2.05) is 12.1 Å². The molecule has 0 saturated carbocycles. The second-order valence-corrected chi connectivity index (χ2v) is 6.06. The Morgan fingerprint density at radius 2 is 1.71 bits per heavy atom. The molecule has 1 N–H and O–H groups in total. The van der Waals surface area contributed by atoms with Gasteiger partial charge in [-0.3, -0.25) is 4.79 Å². The summed E-state index contributed by atoms with van der Waals surface area (Å²) in [6, 6.07) is 7.33. The van der Waals surface area contributed by atoms with Crippen LogP contribution in [0.25, 0.3) is 0 Å². The second kappa shape index (κ2) is 11.8. The molecule has 0 aliphatic carbocycles.